The van der Waals surface area contributed by atoms with E-state index in [0.29, 0.717) is 10.2 Å². The average Bonchev–Trinajstić information content (AvgIpc) is 2.44. The van der Waals surface area contributed by atoms with Crippen LogP contribution in [0.2, 0.25) is 0 Å². The standard InChI is InChI=1S/C16H13BrF2O2/c1-8-5-15(21-3)11(6-12(8)17)16(20)10-4-9(2)13(18)7-14(10)19/h4-7H,1-3H3. The van der Waals surface area contributed by atoms with Gasteiger partial charge in [0.25, 0.3) is 0 Å². The molecule has 0 unspecified atom stereocenters. The van der Waals surface area contributed by atoms with Crippen molar-refractivity contribution in [2.75, 3.05) is 7.11 Å². The Morgan fingerprint density at radius 2 is 1.67 bits per heavy atom. The van der Waals surface area contributed by atoms with Crippen LogP contribution in [0.25, 0.3) is 0 Å². The molecular weight excluding hydrogens is 342 g/mol. The summed E-state index contributed by atoms with van der Waals surface area (Å²) >= 11 is 3.33. The summed E-state index contributed by atoms with van der Waals surface area (Å²) in [6.07, 6.45) is 0. The summed E-state index contributed by atoms with van der Waals surface area (Å²) in [6, 6.07) is 5.19. The molecule has 2 rings (SSSR count). The molecule has 0 atom stereocenters. The molecule has 5 heteroatoms. The highest BCUT2D eigenvalue weighted by Gasteiger charge is 2.20. The molecule has 2 aromatic rings. The van der Waals surface area contributed by atoms with Crippen molar-refractivity contribution in [3.05, 3.63) is 62.6 Å². The summed E-state index contributed by atoms with van der Waals surface area (Å²) in [4.78, 5) is 12.5. The molecule has 110 valence electrons. The van der Waals surface area contributed by atoms with E-state index in [1.54, 1.807) is 12.1 Å². The minimum absolute atomic E-state index is 0.178. The van der Waals surface area contributed by atoms with Gasteiger partial charge < -0.3 is 4.74 Å². The third-order valence-corrected chi connectivity index (χ3v) is 4.07. The summed E-state index contributed by atoms with van der Waals surface area (Å²) in [5.74, 6) is -1.77. The first-order valence-electron chi connectivity index (χ1n) is 6.19. The Morgan fingerprint density at radius 3 is 2.29 bits per heavy atom. The van der Waals surface area contributed by atoms with Crippen LogP contribution in [0.4, 0.5) is 8.78 Å². The van der Waals surface area contributed by atoms with Gasteiger partial charge in [-0.3, -0.25) is 4.79 Å². The van der Waals surface area contributed by atoms with Gasteiger partial charge in [-0.05, 0) is 43.2 Å². The maximum atomic E-state index is 13.9. The lowest BCUT2D eigenvalue weighted by molar-refractivity contribution is 0.103. The number of carbonyl (C=O) groups excluding carboxylic acids is 1. The lowest BCUT2D eigenvalue weighted by atomic mass is 9.99. The fraction of sp³-hybridized carbons (Fsp3) is 0.188. The number of ether oxygens (including phenoxy) is 1. The van der Waals surface area contributed by atoms with Crippen molar-refractivity contribution in [3.63, 3.8) is 0 Å². The summed E-state index contributed by atoms with van der Waals surface area (Å²) in [7, 11) is 1.44. The highest BCUT2D eigenvalue weighted by atomic mass is 79.9. The highest BCUT2D eigenvalue weighted by Crippen LogP contribution is 2.29. The Labute approximate surface area is 129 Å². The Kier molecular flexibility index (Phi) is 4.42. The zero-order valence-corrected chi connectivity index (χ0v) is 13.3. The van der Waals surface area contributed by atoms with Gasteiger partial charge in [-0.25, -0.2) is 8.78 Å². The lowest BCUT2D eigenvalue weighted by Crippen LogP contribution is -2.08. The second-order valence-electron chi connectivity index (χ2n) is 4.71. The van der Waals surface area contributed by atoms with Gasteiger partial charge in [0, 0.05) is 10.5 Å². The second-order valence-corrected chi connectivity index (χ2v) is 5.57. The van der Waals surface area contributed by atoms with Crippen LogP contribution in [-0.4, -0.2) is 12.9 Å². The monoisotopic (exact) mass is 354 g/mol. The van der Waals surface area contributed by atoms with E-state index in [2.05, 4.69) is 15.9 Å². The summed E-state index contributed by atoms with van der Waals surface area (Å²) in [5.41, 5.74) is 1.15. The van der Waals surface area contributed by atoms with Gasteiger partial charge >= 0.3 is 0 Å². The van der Waals surface area contributed by atoms with E-state index in [4.69, 9.17) is 4.74 Å². The van der Waals surface area contributed by atoms with Crippen molar-refractivity contribution in [2.24, 2.45) is 0 Å². The van der Waals surface area contributed by atoms with Crippen molar-refractivity contribution in [1.29, 1.82) is 0 Å². The van der Waals surface area contributed by atoms with Crippen LogP contribution >= 0.6 is 15.9 Å². The molecule has 21 heavy (non-hydrogen) atoms. The molecule has 0 amide bonds. The molecule has 2 nitrogen and oxygen atoms in total. The number of hydrogen-bond donors (Lipinski definition) is 0. The van der Waals surface area contributed by atoms with E-state index < -0.39 is 17.4 Å². The van der Waals surface area contributed by atoms with E-state index in [9.17, 15) is 13.6 Å². The van der Waals surface area contributed by atoms with Gasteiger partial charge in [0.1, 0.15) is 17.4 Å². The van der Waals surface area contributed by atoms with E-state index in [0.717, 1.165) is 11.6 Å². The first kappa shape index (κ1) is 15.6. The highest BCUT2D eigenvalue weighted by molar-refractivity contribution is 9.10. The summed E-state index contributed by atoms with van der Waals surface area (Å²) in [6.45, 7) is 3.33. The number of aryl methyl sites for hydroxylation is 2. The minimum atomic E-state index is -0.887. The Morgan fingerprint density at radius 1 is 1.00 bits per heavy atom. The largest absolute Gasteiger partial charge is 0.496 e. The van der Waals surface area contributed by atoms with Crippen LogP contribution in [0.15, 0.2) is 28.7 Å². The first-order chi connectivity index (χ1) is 9.85. The van der Waals surface area contributed by atoms with Crippen molar-refractivity contribution in [2.45, 2.75) is 13.8 Å². The van der Waals surface area contributed by atoms with E-state index in [1.165, 1.54) is 20.1 Å². The SMILES string of the molecule is COc1cc(C)c(Br)cc1C(=O)c1cc(C)c(F)cc1F. The summed E-state index contributed by atoms with van der Waals surface area (Å²) in [5, 5.41) is 0. The van der Waals surface area contributed by atoms with Crippen LogP contribution in [0.3, 0.4) is 0 Å². The number of halogens is 3. The fourth-order valence-corrected chi connectivity index (χ4v) is 2.32. The molecule has 0 bridgehead atoms. The topological polar surface area (TPSA) is 26.3 Å². The number of rotatable bonds is 3. The Bertz CT molecular complexity index is 727. The number of ketones is 1. The van der Waals surface area contributed by atoms with Crippen molar-refractivity contribution in [1.82, 2.24) is 0 Å². The van der Waals surface area contributed by atoms with Gasteiger partial charge in [0.2, 0.25) is 0 Å². The Balaban J connectivity index is 2.60. The smallest absolute Gasteiger partial charge is 0.199 e. The molecular formula is C16H13BrF2O2. The zero-order valence-electron chi connectivity index (χ0n) is 11.8. The summed E-state index contributed by atoms with van der Waals surface area (Å²) < 4.78 is 33.1. The van der Waals surface area contributed by atoms with Crippen LogP contribution in [-0.2, 0) is 0 Å². The molecule has 0 saturated carbocycles. The minimum Gasteiger partial charge on any atom is -0.496 e. The number of hydrogen-bond acceptors (Lipinski definition) is 2. The Hall–Kier alpha value is -1.75. The molecule has 0 saturated heterocycles. The predicted octanol–water partition coefficient (Wildman–Crippen LogP) is 4.58. The molecule has 0 fully saturated rings. The number of benzene rings is 2. The number of methoxy groups -OCH3 is 1. The van der Waals surface area contributed by atoms with Gasteiger partial charge in [0.15, 0.2) is 5.78 Å². The van der Waals surface area contributed by atoms with Crippen molar-refractivity contribution in [3.8, 4) is 5.75 Å². The fourth-order valence-electron chi connectivity index (χ4n) is 1.98. The molecule has 0 aliphatic rings. The predicted molar refractivity (Wildman–Crippen MR) is 80.0 cm³/mol. The molecule has 0 radical (unpaired) electrons. The molecule has 2 aromatic carbocycles. The van der Waals surface area contributed by atoms with Crippen LogP contribution in [0.5, 0.6) is 5.75 Å². The third-order valence-electron chi connectivity index (χ3n) is 3.22. The molecule has 0 N–H and O–H groups in total. The van der Waals surface area contributed by atoms with E-state index in [-0.39, 0.29) is 16.7 Å². The van der Waals surface area contributed by atoms with Crippen molar-refractivity contribution < 1.29 is 18.3 Å². The zero-order chi connectivity index (χ0) is 15.7. The molecule has 0 heterocycles. The van der Waals surface area contributed by atoms with E-state index >= 15 is 0 Å². The third kappa shape index (κ3) is 2.97. The molecule has 0 spiro atoms. The lowest BCUT2D eigenvalue weighted by Gasteiger charge is -2.11. The van der Waals surface area contributed by atoms with Gasteiger partial charge in [0.05, 0.1) is 18.2 Å². The van der Waals surface area contributed by atoms with Crippen LogP contribution < -0.4 is 4.74 Å². The van der Waals surface area contributed by atoms with Gasteiger partial charge in [-0.15, -0.1) is 0 Å². The van der Waals surface area contributed by atoms with Crippen LogP contribution in [0.1, 0.15) is 27.0 Å². The molecule has 0 aliphatic heterocycles. The van der Waals surface area contributed by atoms with Crippen LogP contribution in [0, 0.1) is 25.5 Å². The van der Waals surface area contributed by atoms with E-state index in [1.807, 2.05) is 6.92 Å². The average molecular weight is 355 g/mol. The van der Waals surface area contributed by atoms with Crippen molar-refractivity contribution >= 4 is 21.7 Å². The maximum absolute atomic E-state index is 13.9. The van der Waals surface area contributed by atoms with Gasteiger partial charge in [-0.2, -0.15) is 0 Å². The second kappa shape index (κ2) is 5.93. The molecule has 0 aliphatic carbocycles. The quantitative estimate of drug-likeness (QED) is 0.754. The van der Waals surface area contributed by atoms with Gasteiger partial charge in [-0.1, -0.05) is 15.9 Å². The maximum Gasteiger partial charge on any atom is 0.199 e. The first-order valence-corrected chi connectivity index (χ1v) is 6.99. The number of carbonyl (C=O) groups is 1. The normalized spacial score (nSPS) is 10.6. The molecule has 0 aromatic heterocycles.